The van der Waals surface area contributed by atoms with E-state index in [-0.39, 0.29) is 0 Å². The maximum Gasteiger partial charge on any atom is 0.0102 e. The van der Waals surface area contributed by atoms with E-state index in [0.717, 1.165) is 18.0 Å². The molecule has 2 aliphatic rings. The van der Waals surface area contributed by atoms with Gasteiger partial charge in [-0.15, -0.1) is 0 Å². The van der Waals surface area contributed by atoms with Gasteiger partial charge in [0.15, 0.2) is 0 Å². The van der Waals surface area contributed by atoms with E-state index in [1.807, 2.05) is 0 Å². The summed E-state index contributed by atoms with van der Waals surface area (Å²) in [6.45, 7) is 12.1. The highest BCUT2D eigenvalue weighted by Gasteiger charge is 2.42. The van der Waals surface area contributed by atoms with E-state index in [1.165, 1.54) is 32.1 Å². The summed E-state index contributed by atoms with van der Waals surface area (Å²) in [6.07, 6.45) is 6.89. The van der Waals surface area contributed by atoms with Crippen LogP contribution < -0.4 is 5.32 Å². The van der Waals surface area contributed by atoms with Gasteiger partial charge < -0.3 is 5.32 Å². The molecular weight excluding hydrogens is 194 g/mol. The largest absolute Gasteiger partial charge is 0.311 e. The van der Waals surface area contributed by atoms with Crippen LogP contribution in [0.5, 0.6) is 0 Å². The van der Waals surface area contributed by atoms with E-state index in [9.17, 15) is 0 Å². The lowest BCUT2D eigenvalue weighted by Crippen LogP contribution is -2.44. The third-order valence-electron chi connectivity index (χ3n) is 4.45. The van der Waals surface area contributed by atoms with Gasteiger partial charge >= 0.3 is 0 Å². The quantitative estimate of drug-likeness (QED) is 0.763. The Morgan fingerprint density at radius 2 is 1.62 bits per heavy atom. The average molecular weight is 223 g/mol. The first-order valence-electron chi connectivity index (χ1n) is 7.07. The van der Waals surface area contributed by atoms with Crippen molar-refractivity contribution < 1.29 is 0 Å². The van der Waals surface area contributed by atoms with E-state index in [0.29, 0.717) is 10.8 Å². The molecule has 0 aromatic carbocycles. The van der Waals surface area contributed by atoms with Crippen LogP contribution in [-0.2, 0) is 0 Å². The summed E-state index contributed by atoms with van der Waals surface area (Å²) >= 11 is 0. The molecule has 0 heterocycles. The minimum absolute atomic E-state index is 0.524. The number of hydrogen-bond acceptors (Lipinski definition) is 1. The summed E-state index contributed by atoms with van der Waals surface area (Å²) in [5.41, 5.74) is 1.05. The fourth-order valence-electron chi connectivity index (χ4n) is 4.17. The van der Waals surface area contributed by atoms with Crippen molar-refractivity contribution in [1.82, 2.24) is 5.32 Å². The van der Waals surface area contributed by atoms with Crippen LogP contribution >= 0.6 is 0 Å². The molecule has 0 amide bonds. The highest BCUT2D eigenvalue weighted by molar-refractivity contribution is 4.98. The Morgan fingerprint density at radius 3 is 2.06 bits per heavy atom. The summed E-state index contributed by atoms with van der Waals surface area (Å²) in [6, 6.07) is 1.61. The molecule has 2 fully saturated rings. The molecule has 0 bridgehead atoms. The van der Waals surface area contributed by atoms with Crippen LogP contribution in [0, 0.1) is 16.7 Å². The maximum atomic E-state index is 3.91. The van der Waals surface area contributed by atoms with Crippen LogP contribution in [-0.4, -0.2) is 12.1 Å². The van der Waals surface area contributed by atoms with Crippen LogP contribution in [0.15, 0.2) is 0 Å². The minimum Gasteiger partial charge on any atom is -0.311 e. The van der Waals surface area contributed by atoms with E-state index in [4.69, 9.17) is 0 Å². The monoisotopic (exact) mass is 223 g/mol. The van der Waals surface area contributed by atoms with Crippen LogP contribution in [0.4, 0.5) is 0 Å². The molecule has 1 heteroatoms. The van der Waals surface area contributed by atoms with Gasteiger partial charge in [0.1, 0.15) is 0 Å². The van der Waals surface area contributed by atoms with Crippen LogP contribution in [0.2, 0.25) is 0 Å². The average Bonchev–Trinajstić information content (AvgIpc) is 2.76. The van der Waals surface area contributed by atoms with Crippen LogP contribution in [0.3, 0.4) is 0 Å². The number of rotatable bonds is 3. The van der Waals surface area contributed by atoms with Crippen molar-refractivity contribution in [3.8, 4) is 0 Å². The predicted octanol–water partition coefficient (Wildman–Crippen LogP) is 3.98. The third-order valence-corrected chi connectivity index (χ3v) is 4.45. The highest BCUT2D eigenvalue weighted by Crippen LogP contribution is 2.46. The van der Waals surface area contributed by atoms with E-state index < -0.39 is 0 Å². The van der Waals surface area contributed by atoms with E-state index in [2.05, 4.69) is 39.9 Å². The van der Waals surface area contributed by atoms with Crippen molar-refractivity contribution in [2.45, 2.75) is 78.8 Å². The van der Waals surface area contributed by atoms with Gasteiger partial charge in [0.25, 0.3) is 0 Å². The molecule has 2 aliphatic carbocycles. The minimum atomic E-state index is 0.524. The summed E-state index contributed by atoms with van der Waals surface area (Å²) < 4.78 is 0. The first-order valence-corrected chi connectivity index (χ1v) is 7.07. The molecule has 2 rings (SSSR count). The van der Waals surface area contributed by atoms with Crippen LogP contribution in [0.1, 0.15) is 66.7 Å². The molecule has 16 heavy (non-hydrogen) atoms. The van der Waals surface area contributed by atoms with Gasteiger partial charge in [-0.2, -0.15) is 0 Å². The molecule has 0 aromatic heterocycles. The van der Waals surface area contributed by atoms with Crippen molar-refractivity contribution >= 4 is 0 Å². The zero-order valence-electron chi connectivity index (χ0n) is 11.8. The second kappa shape index (κ2) is 4.01. The fourth-order valence-corrected chi connectivity index (χ4v) is 4.17. The summed E-state index contributed by atoms with van der Waals surface area (Å²) in [5.74, 6) is 0.980. The van der Waals surface area contributed by atoms with Crippen LogP contribution in [0.25, 0.3) is 0 Å². The standard InChI is InChI=1S/C15H29N/c1-6-11-7-13(11)16-12-8-14(2,3)10-15(4,5)9-12/h11-13,16H,6-10H2,1-5H3. The zero-order valence-corrected chi connectivity index (χ0v) is 11.8. The number of hydrogen-bond donors (Lipinski definition) is 1. The molecule has 1 nitrogen and oxygen atoms in total. The second-order valence-electron chi connectivity index (χ2n) is 7.79. The molecule has 0 radical (unpaired) electrons. The molecule has 1 N–H and O–H groups in total. The van der Waals surface area contributed by atoms with E-state index in [1.54, 1.807) is 0 Å². The van der Waals surface area contributed by atoms with Crippen molar-refractivity contribution in [2.75, 3.05) is 0 Å². The van der Waals surface area contributed by atoms with Gasteiger partial charge in [-0.3, -0.25) is 0 Å². The molecule has 0 spiro atoms. The lowest BCUT2D eigenvalue weighted by molar-refractivity contribution is 0.0838. The molecule has 0 aromatic rings. The predicted molar refractivity (Wildman–Crippen MR) is 70.5 cm³/mol. The van der Waals surface area contributed by atoms with Gasteiger partial charge in [-0.1, -0.05) is 41.0 Å². The van der Waals surface area contributed by atoms with Crippen molar-refractivity contribution in [3.05, 3.63) is 0 Å². The summed E-state index contributed by atoms with van der Waals surface area (Å²) in [5, 5.41) is 3.91. The van der Waals surface area contributed by atoms with Crippen molar-refractivity contribution in [3.63, 3.8) is 0 Å². The Labute approximate surface area is 101 Å². The first kappa shape index (κ1) is 12.4. The van der Waals surface area contributed by atoms with E-state index >= 15 is 0 Å². The number of nitrogens with one attached hydrogen (secondary N) is 1. The lowest BCUT2D eigenvalue weighted by Gasteiger charge is -2.45. The Kier molecular flexibility index (Phi) is 3.11. The third kappa shape index (κ3) is 3.00. The summed E-state index contributed by atoms with van der Waals surface area (Å²) in [4.78, 5) is 0. The van der Waals surface area contributed by atoms with Gasteiger partial charge in [-0.05, 0) is 42.4 Å². The molecule has 94 valence electrons. The Hall–Kier alpha value is -0.0400. The Morgan fingerprint density at radius 1 is 1.06 bits per heavy atom. The van der Waals surface area contributed by atoms with Gasteiger partial charge in [0.05, 0.1) is 0 Å². The Bertz CT molecular complexity index is 238. The maximum absolute atomic E-state index is 3.91. The Balaban J connectivity index is 1.90. The second-order valence-corrected chi connectivity index (χ2v) is 7.79. The lowest BCUT2D eigenvalue weighted by atomic mass is 9.63. The molecule has 2 unspecified atom stereocenters. The van der Waals surface area contributed by atoms with Gasteiger partial charge in [0.2, 0.25) is 0 Å². The molecular formula is C15H29N. The fraction of sp³-hybridized carbons (Fsp3) is 1.00. The topological polar surface area (TPSA) is 12.0 Å². The molecule has 2 atom stereocenters. The van der Waals surface area contributed by atoms with Crippen molar-refractivity contribution in [2.24, 2.45) is 16.7 Å². The highest BCUT2D eigenvalue weighted by atomic mass is 15.0. The smallest absolute Gasteiger partial charge is 0.0102 e. The first-order chi connectivity index (χ1) is 7.31. The molecule has 0 aliphatic heterocycles. The molecule has 0 saturated heterocycles. The van der Waals surface area contributed by atoms with Gasteiger partial charge in [-0.25, -0.2) is 0 Å². The zero-order chi connectivity index (χ0) is 12.0. The normalized spacial score (nSPS) is 37.3. The molecule has 2 saturated carbocycles. The van der Waals surface area contributed by atoms with Crippen molar-refractivity contribution in [1.29, 1.82) is 0 Å². The summed E-state index contributed by atoms with van der Waals surface area (Å²) in [7, 11) is 0. The SMILES string of the molecule is CCC1CC1NC1CC(C)(C)CC(C)(C)C1. The van der Waals surface area contributed by atoms with Gasteiger partial charge in [0, 0.05) is 12.1 Å².